The van der Waals surface area contributed by atoms with E-state index in [9.17, 15) is 31.5 Å². The molecule has 1 aliphatic heterocycles. The largest absolute Gasteiger partial charge is 0.492 e. The molecule has 3 rings (SSSR count). The zero-order valence-electron chi connectivity index (χ0n) is 20.2. The Hall–Kier alpha value is -3.68. The Morgan fingerprint density at radius 1 is 1.00 bits per heavy atom. The van der Waals surface area contributed by atoms with Crippen LogP contribution in [-0.2, 0) is 14.8 Å². The maximum atomic E-state index is 11.8. The molecule has 0 radical (unpaired) electrons. The number of piperazine rings is 1. The third-order valence-electron chi connectivity index (χ3n) is 5.27. The molecule has 0 aromatic heterocycles. The molecule has 37 heavy (non-hydrogen) atoms. The second kappa shape index (κ2) is 12.5. The minimum atomic E-state index is -5.08. The van der Waals surface area contributed by atoms with E-state index in [1.165, 1.54) is 19.1 Å². The molecule has 1 heterocycles. The Bertz CT molecular complexity index is 1200. The van der Waals surface area contributed by atoms with Gasteiger partial charge in [-0.15, -0.1) is 0 Å². The van der Waals surface area contributed by atoms with Crippen molar-refractivity contribution in [3.63, 3.8) is 0 Å². The summed E-state index contributed by atoms with van der Waals surface area (Å²) in [6.07, 6.45) is -5.08. The van der Waals surface area contributed by atoms with Crippen LogP contribution >= 0.6 is 0 Å². The number of rotatable bonds is 8. The molecule has 2 aromatic carbocycles. The van der Waals surface area contributed by atoms with Crippen LogP contribution in [0, 0.1) is 0 Å². The monoisotopic (exact) mass is 547 g/mol. The van der Waals surface area contributed by atoms with Gasteiger partial charge >= 0.3 is 18.1 Å². The average molecular weight is 548 g/mol. The van der Waals surface area contributed by atoms with Crippen molar-refractivity contribution in [3.05, 3.63) is 48.0 Å². The van der Waals surface area contributed by atoms with Crippen molar-refractivity contribution in [2.75, 3.05) is 53.1 Å². The maximum absolute atomic E-state index is 11.8. The van der Waals surface area contributed by atoms with Crippen LogP contribution < -0.4 is 19.3 Å². The van der Waals surface area contributed by atoms with Crippen molar-refractivity contribution in [1.82, 2.24) is 0 Å². The number of anilines is 3. The molecule has 0 bridgehead atoms. The summed E-state index contributed by atoms with van der Waals surface area (Å²) in [6.45, 7) is 6.99. The molecule has 0 unspecified atom stereocenters. The van der Waals surface area contributed by atoms with Crippen LogP contribution in [0.4, 0.5) is 30.2 Å². The lowest BCUT2D eigenvalue weighted by molar-refractivity contribution is -0.192. The second-order valence-electron chi connectivity index (χ2n) is 7.72. The number of halogens is 3. The van der Waals surface area contributed by atoms with Gasteiger partial charge < -0.3 is 24.7 Å². The summed E-state index contributed by atoms with van der Waals surface area (Å²) in [4.78, 5) is 24.9. The minimum Gasteiger partial charge on any atom is -0.492 e. The van der Waals surface area contributed by atoms with Gasteiger partial charge in [-0.25, -0.2) is 18.0 Å². The highest BCUT2D eigenvalue weighted by atomic mass is 32.2. The van der Waals surface area contributed by atoms with Gasteiger partial charge in [0.1, 0.15) is 5.75 Å². The van der Waals surface area contributed by atoms with Gasteiger partial charge in [0.05, 0.1) is 29.3 Å². The predicted molar refractivity (Wildman–Crippen MR) is 132 cm³/mol. The van der Waals surface area contributed by atoms with Gasteiger partial charge in [0.15, 0.2) is 0 Å². The average Bonchev–Trinajstić information content (AvgIpc) is 2.84. The number of benzene rings is 2. The predicted octanol–water partition coefficient (Wildman–Crippen LogP) is 3.51. The fraction of sp³-hybridized carbons (Fsp3) is 0.391. The highest BCUT2D eigenvalue weighted by molar-refractivity contribution is 7.92. The molecule has 14 heteroatoms. The van der Waals surface area contributed by atoms with Crippen LogP contribution in [0.2, 0.25) is 0 Å². The van der Waals surface area contributed by atoms with Gasteiger partial charge in [-0.3, -0.25) is 4.72 Å². The minimum absolute atomic E-state index is 0.0614. The summed E-state index contributed by atoms with van der Waals surface area (Å²) in [6, 6.07) is 12.7. The van der Waals surface area contributed by atoms with Gasteiger partial charge in [0.25, 0.3) is 0 Å². The summed E-state index contributed by atoms with van der Waals surface area (Å²) in [7, 11) is -3.56. The fourth-order valence-electron chi connectivity index (χ4n) is 3.44. The van der Waals surface area contributed by atoms with E-state index >= 15 is 0 Å². The number of carboxylic acid groups (broad SMARTS) is 2. The molecule has 3 N–H and O–H groups in total. The second-order valence-corrected chi connectivity index (χ2v) is 9.73. The summed E-state index contributed by atoms with van der Waals surface area (Å²) < 4.78 is 63.5. The van der Waals surface area contributed by atoms with Gasteiger partial charge in [0.2, 0.25) is 10.0 Å². The van der Waals surface area contributed by atoms with E-state index in [-0.39, 0.29) is 17.0 Å². The van der Waals surface area contributed by atoms with Crippen molar-refractivity contribution in [3.8, 4) is 5.75 Å². The SMILES string of the molecule is CCOc1ccccc1N1CCN(c2ccc(NS(=O)(=O)CC)c(C(=O)O)c2)CC1.O=C(O)C(F)(F)F. The Morgan fingerprint density at radius 3 is 2.08 bits per heavy atom. The molecule has 204 valence electrons. The summed E-state index contributed by atoms with van der Waals surface area (Å²) in [5, 5.41) is 16.7. The summed E-state index contributed by atoms with van der Waals surface area (Å²) in [5.41, 5.74) is 1.82. The third-order valence-corrected chi connectivity index (χ3v) is 6.56. The Balaban J connectivity index is 0.000000604. The Labute approximate surface area is 212 Å². The fourth-order valence-corrected chi connectivity index (χ4v) is 4.09. The van der Waals surface area contributed by atoms with Crippen LogP contribution in [0.1, 0.15) is 24.2 Å². The van der Waals surface area contributed by atoms with Crippen molar-refractivity contribution in [2.45, 2.75) is 20.0 Å². The van der Waals surface area contributed by atoms with E-state index in [1.54, 1.807) is 6.07 Å². The van der Waals surface area contributed by atoms with E-state index in [0.717, 1.165) is 30.2 Å². The van der Waals surface area contributed by atoms with Crippen LogP contribution in [0.3, 0.4) is 0 Å². The number of nitrogens with one attached hydrogen (secondary N) is 1. The zero-order chi connectivity index (χ0) is 27.8. The van der Waals surface area contributed by atoms with E-state index in [4.69, 9.17) is 14.6 Å². The molecular weight excluding hydrogens is 519 g/mol. The molecular formula is C23H28F3N3O7S. The normalized spacial score (nSPS) is 13.9. The number of hydrogen-bond acceptors (Lipinski definition) is 7. The van der Waals surface area contributed by atoms with Gasteiger partial charge in [-0.05, 0) is 44.2 Å². The first-order valence-corrected chi connectivity index (χ1v) is 12.8. The number of alkyl halides is 3. The smallest absolute Gasteiger partial charge is 0.490 e. The van der Waals surface area contributed by atoms with Crippen LogP contribution in [0.25, 0.3) is 0 Å². The van der Waals surface area contributed by atoms with Crippen LogP contribution in [0.5, 0.6) is 5.75 Å². The van der Waals surface area contributed by atoms with Crippen molar-refractivity contribution in [2.24, 2.45) is 0 Å². The maximum Gasteiger partial charge on any atom is 0.490 e. The first-order chi connectivity index (χ1) is 17.3. The third kappa shape index (κ3) is 8.44. The first-order valence-electron chi connectivity index (χ1n) is 11.2. The van der Waals surface area contributed by atoms with E-state index < -0.39 is 28.1 Å². The van der Waals surface area contributed by atoms with Crippen LogP contribution in [0.15, 0.2) is 42.5 Å². The molecule has 0 atom stereocenters. The lowest BCUT2D eigenvalue weighted by atomic mass is 10.1. The molecule has 0 amide bonds. The van der Waals surface area contributed by atoms with Gasteiger partial charge in [0, 0.05) is 31.9 Å². The Kier molecular flexibility index (Phi) is 10.00. The number of sulfonamides is 1. The van der Waals surface area contributed by atoms with E-state index in [1.807, 2.05) is 31.2 Å². The summed E-state index contributed by atoms with van der Waals surface area (Å²) >= 11 is 0. The zero-order valence-corrected chi connectivity index (χ0v) is 21.0. The Morgan fingerprint density at radius 2 is 1.57 bits per heavy atom. The molecule has 1 fully saturated rings. The number of ether oxygens (including phenoxy) is 1. The van der Waals surface area contributed by atoms with Crippen LogP contribution in [-0.4, -0.2) is 75.3 Å². The molecule has 0 saturated carbocycles. The molecule has 1 aliphatic rings. The number of aliphatic carboxylic acids is 1. The van der Waals surface area contributed by atoms with Crippen molar-refractivity contribution >= 4 is 39.0 Å². The number of carbonyl (C=O) groups is 2. The van der Waals surface area contributed by atoms with Gasteiger partial charge in [-0.2, -0.15) is 13.2 Å². The summed E-state index contributed by atoms with van der Waals surface area (Å²) in [5.74, 6) is -3.20. The van der Waals surface area contributed by atoms with E-state index in [0.29, 0.717) is 19.7 Å². The number of para-hydroxylation sites is 2. The van der Waals surface area contributed by atoms with E-state index in [2.05, 4.69) is 14.5 Å². The topological polar surface area (TPSA) is 136 Å². The quantitative estimate of drug-likeness (QED) is 0.454. The number of hydrogen-bond donors (Lipinski definition) is 3. The highest BCUT2D eigenvalue weighted by Crippen LogP contribution is 2.30. The molecule has 0 aliphatic carbocycles. The van der Waals surface area contributed by atoms with Gasteiger partial charge in [-0.1, -0.05) is 12.1 Å². The number of aromatic carboxylic acids is 1. The lowest BCUT2D eigenvalue weighted by Crippen LogP contribution is -2.46. The molecule has 10 nitrogen and oxygen atoms in total. The number of nitrogens with zero attached hydrogens (tertiary/aromatic N) is 2. The highest BCUT2D eigenvalue weighted by Gasteiger charge is 2.38. The standard InChI is InChI=1S/C21H27N3O5S.C2HF3O2/c1-3-29-20-8-6-5-7-19(20)24-13-11-23(12-14-24)16-9-10-18(17(15-16)21(25)26)22-30(27,28)4-2;3-2(4,5)1(6)7/h5-10,15,22H,3-4,11-14H2,1-2H3,(H,25,26);(H,6,7). The first kappa shape index (κ1) is 29.5. The molecule has 1 saturated heterocycles. The molecule has 0 spiro atoms. The number of carboxylic acids is 2. The molecule has 2 aromatic rings. The van der Waals surface area contributed by atoms with Crippen molar-refractivity contribution < 1.29 is 46.1 Å². The lowest BCUT2D eigenvalue weighted by Gasteiger charge is -2.38. The van der Waals surface area contributed by atoms with Crippen molar-refractivity contribution in [1.29, 1.82) is 0 Å².